The van der Waals surface area contributed by atoms with E-state index in [9.17, 15) is 13.2 Å². The zero-order valence-corrected chi connectivity index (χ0v) is 19.1. The van der Waals surface area contributed by atoms with Crippen LogP contribution in [-0.4, -0.2) is 28.4 Å². The fourth-order valence-corrected chi connectivity index (χ4v) is 5.19. The van der Waals surface area contributed by atoms with Crippen molar-refractivity contribution in [1.29, 1.82) is 0 Å². The first-order chi connectivity index (χ1) is 15.3. The zero-order valence-electron chi connectivity index (χ0n) is 18.2. The van der Waals surface area contributed by atoms with Crippen molar-refractivity contribution in [2.45, 2.75) is 18.7 Å². The van der Waals surface area contributed by atoms with E-state index in [2.05, 4.69) is 0 Å². The lowest BCUT2D eigenvalue weighted by Gasteiger charge is -2.29. The quantitative estimate of drug-likeness (QED) is 0.512. The van der Waals surface area contributed by atoms with E-state index in [0.717, 1.165) is 16.8 Å². The largest absolute Gasteiger partial charge is 0.493 e. The van der Waals surface area contributed by atoms with Crippen molar-refractivity contribution >= 4 is 27.0 Å². The van der Waals surface area contributed by atoms with Crippen LogP contribution in [0.3, 0.4) is 0 Å². The lowest BCUT2D eigenvalue weighted by molar-refractivity contribution is 0.104. The molecule has 3 aromatic rings. The van der Waals surface area contributed by atoms with Crippen LogP contribution >= 0.6 is 0 Å². The van der Waals surface area contributed by atoms with E-state index >= 15 is 0 Å². The second kappa shape index (κ2) is 8.16. The topological polar surface area (TPSA) is 72.9 Å². The van der Waals surface area contributed by atoms with E-state index in [1.807, 2.05) is 32.0 Å². The monoisotopic (exact) mass is 449 g/mol. The first-order valence-corrected chi connectivity index (χ1v) is 11.5. The Labute approximate surface area is 187 Å². The molecule has 6 nitrogen and oxygen atoms in total. The van der Waals surface area contributed by atoms with Gasteiger partial charge >= 0.3 is 0 Å². The molecule has 0 unspecified atom stereocenters. The van der Waals surface area contributed by atoms with E-state index in [0.29, 0.717) is 17.2 Å². The Hall–Kier alpha value is -3.58. The number of rotatable bonds is 5. The van der Waals surface area contributed by atoms with Gasteiger partial charge in [0.25, 0.3) is 0 Å². The third kappa shape index (κ3) is 3.54. The predicted molar refractivity (Wildman–Crippen MR) is 124 cm³/mol. The maximum Gasteiger partial charge on any atom is 0.214 e. The number of carbonyl (C=O) groups is 1. The van der Waals surface area contributed by atoms with Crippen LogP contribution in [0.25, 0.3) is 0 Å². The fourth-order valence-electron chi connectivity index (χ4n) is 3.65. The highest BCUT2D eigenvalue weighted by Crippen LogP contribution is 2.41. The third-order valence-corrected chi connectivity index (χ3v) is 7.38. The number of Topliss-reactive ketones (excluding diaryl/α,β-unsaturated/α-hetero) is 1. The van der Waals surface area contributed by atoms with Crippen LogP contribution in [0.4, 0.5) is 11.4 Å². The standard InChI is InChI=1S/C25H23NO5S/c1-16-9-11-19(13-17(16)2)26-15-24(32(28,29)23-8-6-5-7-20(23)26)25(27)18-10-12-21(30-3)22(14-18)31-4/h5-15H,1-4H3. The number of anilines is 2. The third-order valence-electron chi connectivity index (χ3n) is 5.59. The number of ketones is 1. The second-order valence-electron chi connectivity index (χ2n) is 7.50. The van der Waals surface area contributed by atoms with E-state index in [1.54, 1.807) is 29.2 Å². The maximum absolute atomic E-state index is 13.4. The highest BCUT2D eigenvalue weighted by Gasteiger charge is 2.36. The van der Waals surface area contributed by atoms with Gasteiger partial charge < -0.3 is 14.4 Å². The summed E-state index contributed by atoms with van der Waals surface area (Å²) in [6.07, 6.45) is 1.40. The van der Waals surface area contributed by atoms with Crippen LogP contribution in [0.1, 0.15) is 21.5 Å². The van der Waals surface area contributed by atoms with Crippen LogP contribution in [0.2, 0.25) is 0 Å². The summed E-state index contributed by atoms with van der Waals surface area (Å²) >= 11 is 0. The average molecular weight is 450 g/mol. The number of benzene rings is 3. The summed E-state index contributed by atoms with van der Waals surface area (Å²) in [5, 5.41) is 0. The molecule has 0 spiro atoms. The normalized spacial score (nSPS) is 14.4. The van der Waals surface area contributed by atoms with Crippen molar-refractivity contribution in [3.63, 3.8) is 0 Å². The van der Waals surface area contributed by atoms with Crippen molar-refractivity contribution < 1.29 is 22.7 Å². The van der Waals surface area contributed by atoms with Gasteiger partial charge in [0.1, 0.15) is 4.91 Å². The number of ether oxygens (including phenoxy) is 2. The van der Waals surface area contributed by atoms with Crippen LogP contribution in [0.15, 0.2) is 76.7 Å². The van der Waals surface area contributed by atoms with Gasteiger partial charge in [-0.15, -0.1) is 0 Å². The first kappa shape index (κ1) is 21.6. The lowest BCUT2D eigenvalue weighted by atomic mass is 10.1. The molecular formula is C25H23NO5S. The zero-order chi connectivity index (χ0) is 23.0. The predicted octanol–water partition coefficient (Wildman–Crippen LogP) is 4.97. The molecule has 0 atom stereocenters. The molecule has 0 amide bonds. The molecule has 7 heteroatoms. The van der Waals surface area contributed by atoms with Gasteiger partial charge in [0.05, 0.1) is 24.8 Å². The van der Waals surface area contributed by atoms with Crippen LogP contribution in [0.5, 0.6) is 11.5 Å². The molecule has 3 aromatic carbocycles. The van der Waals surface area contributed by atoms with Crippen LogP contribution in [0, 0.1) is 13.8 Å². The Morgan fingerprint density at radius 1 is 0.844 bits per heavy atom. The number of para-hydroxylation sites is 1. The van der Waals surface area contributed by atoms with Gasteiger partial charge in [-0.1, -0.05) is 18.2 Å². The van der Waals surface area contributed by atoms with Crippen molar-refractivity contribution in [1.82, 2.24) is 0 Å². The number of sulfone groups is 1. The number of methoxy groups -OCH3 is 2. The molecule has 32 heavy (non-hydrogen) atoms. The number of nitrogens with zero attached hydrogens (tertiary/aromatic N) is 1. The van der Waals surface area contributed by atoms with Crippen LogP contribution in [-0.2, 0) is 9.84 Å². The fraction of sp³-hybridized carbons (Fsp3) is 0.160. The highest BCUT2D eigenvalue weighted by molar-refractivity contribution is 7.96. The van der Waals surface area contributed by atoms with Crippen molar-refractivity contribution in [3.05, 3.63) is 88.5 Å². The van der Waals surface area contributed by atoms with E-state index in [-0.39, 0.29) is 15.4 Å². The number of hydrogen-bond acceptors (Lipinski definition) is 6. The summed E-state index contributed by atoms with van der Waals surface area (Å²) in [5.74, 6) is 0.180. The summed E-state index contributed by atoms with van der Waals surface area (Å²) < 4.78 is 37.3. The molecule has 0 bridgehead atoms. The smallest absolute Gasteiger partial charge is 0.214 e. The number of carbonyl (C=O) groups excluding carboxylic acids is 1. The highest BCUT2D eigenvalue weighted by atomic mass is 32.2. The minimum absolute atomic E-state index is 0.0876. The Bertz CT molecular complexity index is 1360. The summed E-state index contributed by atoms with van der Waals surface area (Å²) in [4.78, 5) is 15.0. The molecular weight excluding hydrogens is 426 g/mol. The second-order valence-corrected chi connectivity index (χ2v) is 9.39. The summed E-state index contributed by atoms with van der Waals surface area (Å²) in [6.45, 7) is 4.00. The Morgan fingerprint density at radius 2 is 1.56 bits per heavy atom. The number of fused-ring (bicyclic) bond motifs is 1. The minimum Gasteiger partial charge on any atom is -0.493 e. The summed E-state index contributed by atoms with van der Waals surface area (Å²) in [5.41, 5.74) is 3.65. The van der Waals surface area contributed by atoms with Gasteiger partial charge in [-0.05, 0) is 67.4 Å². The van der Waals surface area contributed by atoms with Crippen molar-refractivity contribution in [2.75, 3.05) is 19.1 Å². The van der Waals surface area contributed by atoms with Crippen molar-refractivity contribution in [2.24, 2.45) is 0 Å². The molecule has 0 aromatic heterocycles. The number of hydrogen-bond donors (Lipinski definition) is 0. The minimum atomic E-state index is -4.03. The van der Waals surface area contributed by atoms with Gasteiger partial charge in [-0.3, -0.25) is 4.79 Å². The van der Waals surface area contributed by atoms with Gasteiger partial charge in [0.2, 0.25) is 15.6 Å². The Morgan fingerprint density at radius 3 is 2.25 bits per heavy atom. The molecule has 1 aliphatic rings. The van der Waals surface area contributed by atoms with Gasteiger partial charge in [0.15, 0.2) is 11.5 Å². The average Bonchev–Trinajstić information content (AvgIpc) is 2.80. The molecule has 1 aliphatic heterocycles. The number of aryl methyl sites for hydroxylation is 2. The molecule has 0 fully saturated rings. The van der Waals surface area contributed by atoms with Crippen LogP contribution < -0.4 is 14.4 Å². The molecule has 0 saturated carbocycles. The maximum atomic E-state index is 13.4. The van der Waals surface area contributed by atoms with Gasteiger partial charge in [-0.2, -0.15) is 0 Å². The van der Waals surface area contributed by atoms with E-state index in [4.69, 9.17) is 9.47 Å². The van der Waals surface area contributed by atoms with E-state index in [1.165, 1.54) is 38.6 Å². The molecule has 0 aliphatic carbocycles. The van der Waals surface area contributed by atoms with Crippen molar-refractivity contribution in [3.8, 4) is 11.5 Å². The van der Waals surface area contributed by atoms with Gasteiger partial charge in [0, 0.05) is 17.5 Å². The molecule has 164 valence electrons. The molecule has 4 rings (SSSR count). The Kier molecular flexibility index (Phi) is 5.52. The molecule has 0 radical (unpaired) electrons. The van der Waals surface area contributed by atoms with E-state index < -0.39 is 15.6 Å². The molecule has 0 saturated heterocycles. The SMILES string of the molecule is COc1ccc(C(=O)C2=CN(c3ccc(C)c(C)c3)c3ccccc3S2(=O)=O)cc1OC. The molecule has 1 heterocycles. The summed E-state index contributed by atoms with van der Waals surface area (Å²) in [7, 11) is -1.08. The molecule has 0 N–H and O–H groups in total. The first-order valence-electron chi connectivity index (χ1n) is 9.97. The summed E-state index contributed by atoms with van der Waals surface area (Å²) in [6, 6.07) is 17.1. The Balaban J connectivity index is 1.90. The van der Waals surface area contributed by atoms with Gasteiger partial charge in [-0.25, -0.2) is 8.42 Å². The lowest BCUT2D eigenvalue weighted by Crippen LogP contribution is -2.25. The number of allylic oxidation sites excluding steroid dienone is 1.